The van der Waals surface area contributed by atoms with Crippen molar-refractivity contribution in [3.8, 4) is 0 Å². The third-order valence-corrected chi connectivity index (χ3v) is 8.15. The van der Waals surface area contributed by atoms with Crippen molar-refractivity contribution in [1.82, 2.24) is 5.32 Å². The average Bonchev–Trinajstić information content (AvgIpc) is 2.80. The van der Waals surface area contributed by atoms with Crippen LogP contribution < -0.4 is 11.1 Å². The fraction of sp³-hybridized carbons (Fsp3) is 0.417. The van der Waals surface area contributed by atoms with E-state index < -0.39 is 12.0 Å². The van der Waals surface area contributed by atoms with Crippen molar-refractivity contribution in [3.63, 3.8) is 0 Å². The molecule has 2 aromatic rings. The van der Waals surface area contributed by atoms with Crippen LogP contribution in [0.3, 0.4) is 0 Å². The lowest BCUT2D eigenvalue weighted by molar-refractivity contribution is -0.142. The number of rotatable bonds is 15. The lowest BCUT2D eigenvalue weighted by Gasteiger charge is -2.21. The summed E-state index contributed by atoms with van der Waals surface area (Å²) in [5.41, 5.74) is 8.08. The minimum atomic E-state index is -1.03. The first-order valence-corrected chi connectivity index (χ1v) is 14.5. The van der Waals surface area contributed by atoms with Crippen molar-refractivity contribution in [2.75, 3.05) is 23.5 Å². The van der Waals surface area contributed by atoms with E-state index in [1.165, 1.54) is 0 Å². The maximum absolute atomic E-state index is 13.1. The van der Waals surface area contributed by atoms with Gasteiger partial charge >= 0.3 is 5.97 Å². The largest absolute Gasteiger partial charge is 0.480 e. The standard InChI is InChI=1S/C24H32N2O3S3/c1-30-13-12-21(25)17-32-31-16-20(14-18-8-4-2-5-9-18)23(27)26-22(24(28)29)15-19-10-6-3-7-11-19/h2-11,20-22H,12-17,25H2,1H3,(H,26,27)(H,28,29)/t20?,21-,22-/m0/s1. The first kappa shape index (κ1) is 26.6. The zero-order valence-electron chi connectivity index (χ0n) is 18.3. The fourth-order valence-electron chi connectivity index (χ4n) is 3.08. The summed E-state index contributed by atoms with van der Waals surface area (Å²) in [4.78, 5) is 24.9. The van der Waals surface area contributed by atoms with E-state index in [-0.39, 0.29) is 24.3 Å². The number of carbonyl (C=O) groups is 2. The monoisotopic (exact) mass is 492 g/mol. The van der Waals surface area contributed by atoms with Gasteiger partial charge in [0.25, 0.3) is 0 Å². The smallest absolute Gasteiger partial charge is 0.326 e. The minimum absolute atomic E-state index is 0.142. The second-order valence-electron chi connectivity index (χ2n) is 7.59. The van der Waals surface area contributed by atoms with E-state index in [0.29, 0.717) is 12.2 Å². The predicted molar refractivity (Wildman–Crippen MR) is 139 cm³/mol. The van der Waals surface area contributed by atoms with Gasteiger partial charge in [-0.3, -0.25) is 4.79 Å². The molecule has 0 aliphatic heterocycles. The van der Waals surface area contributed by atoms with Gasteiger partial charge in [-0.1, -0.05) is 82.3 Å². The van der Waals surface area contributed by atoms with E-state index >= 15 is 0 Å². The molecule has 0 bridgehead atoms. The zero-order chi connectivity index (χ0) is 23.2. The molecule has 0 aliphatic carbocycles. The normalized spacial score (nSPS) is 13.8. The second kappa shape index (κ2) is 15.3. The van der Waals surface area contributed by atoms with Crippen molar-refractivity contribution in [1.29, 1.82) is 0 Å². The quantitative estimate of drug-likeness (QED) is 0.254. The molecule has 1 amide bonds. The third-order valence-electron chi connectivity index (χ3n) is 4.92. The molecule has 0 aromatic heterocycles. The summed E-state index contributed by atoms with van der Waals surface area (Å²) in [5, 5.41) is 12.4. The number of carboxylic acids is 1. The van der Waals surface area contributed by atoms with Crippen LogP contribution in [0.2, 0.25) is 0 Å². The lowest BCUT2D eigenvalue weighted by atomic mass is 9.99. The van der Waals surface area contributed by atoms with Gasteiger partial charge in [-0.25, -0.2) is 4.79 Å². The first-order chi connectivity index (χ1) is 15.5. The number of aliphatic carboxylic acids is 1. The Labute approximate surface area is 203 Å². The molecule has 0 fully saturated rings. The second-order valence-corrected chi connectivity index (χ2v) is 11.1. The number of hydrogen-bond donors (Lipinski definition) is 3. The molecular weight excluding hydrogens is 460 g/mol. The molecular formula is C24H32N2O3S3. The number of benzene rings is 2. The highest BCUT2D eigenvalue weighted by atomic mass is 33.1. The van der Waals surface area contributed by atoms with Crippen LogP contribution in [-0.2, 0) is 22.4 Å². The molecule has 8 heteroatoms. The zero-order valence-corrected chi connectivity index (χ0v) is 20.8. The summed E-state index contributed by atoms with van der Waals surface area (Å²) < 4.78 is 0. The van der Waals surface area contributed by atoms with Gasteiger partial charge in [0.05, 0.1) is 5.92 Å². The highest BCUT2D eigenvalue weighted by Gasteiger charge is 2.26. The summed E-state index contributed by atoms with van der Waals surface area (Å²) in [6, 6.07) is 18.4. The number of nitrogens with two attached hydrogens (primary N) is 1. The van der Waals surface area contributed by atoms with E-state index in [2.05, 4.69) is 11.6 Å². The molecule has 2 rings (SSSR count). The molecule has 4 N–H and O–H groups in total. The van der Waals surface area contributed by atoms with Gasteiger partial charge in [0.1, 0.15) is 6.04 Å². The Morgan fingerprint density at radius 3 is 2.06 bits per heavy atom. The van der Waals surface area contributed by atoms with Crippen LogP contribution >= 0.6 is 33.3 Å². The van der Waals surface area contributed by atoms with Crippen LogP contribution in [0.1, 0.15) is 17.5 Å². The molecule has 174 valence electrons. The summed E-state index contributed by atoms with van der Waals surface area (Å²) in [5.74, 6) is 0.896. The van der Waals surface area contributed by atoms with Crippen molar-refractivity contribution in [3.05, 3.63) is 71.8 Å². The maximum Gasteiger partial charge on any atom is 0.326 e. The van der Waals surface area contributed by atoms with E-state index in [4.69, 9.17) is 5.73 Å². The number of amides is 1. The molecule has 3 atom stereocenters. The van der Waals surface area contributed by atoms with Crippen LogP contribution in [-0.4, -0.2) is 52.6 Å². The summed E-state index contributed by atoms with van der Waals surface area (Å²) >= 11 is 1.79. The third kappa shape index (κ3) is 10.3. The average molecular weight is 493 g/mol. The SMILES string of the molecule is CSCC[C@H](N)CSSCC(Cc1ccccc1)C(=O)N[C@@H](Cc1ccccc1)C(=O)O. The predicted octanol–water partition coefficient (Wildman–Crippen LogP) is 4.12. The topological polar surface area (TPSA) is 92.4 Å². The van der Waals surface area contributed by atoms with E-state index in [1.54, 1.807) is 33.3 Å². The number of carbonyl (C=O) groups excluding carboxylic acids is 1. The summed E-state index contributed by atoms with van der Waals surface area (Å²) in [6.07, 6.45) is 3.87. The summed E-state index contributed by atoms with van der Waals surface area (Å²) in [6.45, 7) is 0. The Morgan fingerprint density at radius 2 is 1.50 bits per heavy atom. The van der Waals surface area contributed by atoms with Crippen molar-refractivity contribution >= 4 is 45.2 Å². The fourth-order valence-corrected chi connectivity index (χ4v) is 6.18. The molecule has 0 saturated carbocycles. The van der Waals surface area contributed by atoms with E-state index in [0.717, 1.165) is 29.1 Å². The molecule has 0 radical (unpaired) electrons. The Bertz CT molecular complexity index is 809. The maximum atomic E-state index is 13.1. The molecule has 0 aliphatic rings. The Hall–Kier alpha value is -1.61. The summed E-state index contributed by atoms with van der Waals surface area (Å²) in [7, 11) is 3.31. The van der Waals surface area contributed by atoms with E-state index in [1.807, 2.05) is 60.7 Å². The number of thioether (sulfide) groups is 1. The van der Waals surface area contributed by atoms with Gasteiger partial charge in [0, 0.05) is 24.0 Å². The number of hydrogen-bond acceptors (Lipinski definition) is 6. The van der Waals surface area contributed by atoms with E-state index in [9.17, 15) is 14.7 Å². The first-order valence-electron chi connectivity index (χ1n) is 10.6. The Morgan fingerprint density at radius 1 is 0.938 bits per heavy atom. The molecule has 0 spiro atoms. The van der Waals surface area contributed by atoms with Gasteiger partial charge < -0.3 is 16.2 Å². The molecule has 32 heavy (non-hydrogen) atoms. The molecule has 0 heterocycles. The van der Waals surface area contributed by atoms with Crippen LogP contribution in [0.15, 0.2) is 60.7 Å². The minimum Gasteiger partial charge on any atom is -0.480 e. The van der Waals surface area contributed by atoms with Crippen molar-refractivity contribution in [2.45, 2.75) is 31.3 Å². The molecule has 0 saturated heterocycles. The lowest BCUT2D eigenvalue weighted by Crippen LogP contribution is -2.45. The molecule has 2 aromatic carbocycles. The van der Waals surface area contributed by atoms with Crippen LogP contribution in [0.5, 0.6) is 0 Å². The van der Waals surface area contributed by atoms with Crippen molar-refractivity contribution < 1.29 is 14.7 Å². The van der Waals surface area contributed by atoms with Gasteiger partial charge in [0.15, 0.2) is 0 Å². The highest BCUT2D eigenvalue weighted by molar-refractivity contribution is 8.76. The highest BCUT2D eigenvalue weighted by Crippen LogP contribution is 2.27. The van der Waals surface area contributed by atoms with Gasteiger partial charge in [-0.05, 0) is 36.0 Å². The molecule has 5 nitrogen and oxygen atoms in total. The van der Waals surface area contributed by atoms with Gasteiger partial charge in [0.2, 0.25) is 5.91 Å². The number of nitrogens with one attached hydrogen (secondary N) is 1. The Kier molecular flexibility index (Phi) is 12.7. The van der Waals surface area contributed by atoms with Gasteiger partial charge in [-0.2, -0.15) is 11.8 Å². The van der Waals surface area contributed by atoms with Crippen LogP contribution in [0, 0.1) is 5.92 Å². The van der Waals surface area contributed by atoms with Gasteiger partial charge in [-0.15, -0.1) is 0 Å². The van der Waals surface area contributed by atoms with Crippen LogP contribution in [0.4, 0.5) is 0 Å². The van der Waals surface area contributed by atoms with Crippen LogP contribution in [0.25, 0.3) is 0 Å². The molecule has 1 unspecified atom stereocenters. The number of carboxylic acid groups (broad SMARTS) is 1. The Balaban J connectivity index is 1.97. The van der Waals surface area contributed by atoms with Crippen molar-refractivity contribution in [2.24, 2.45) is 11.7 Å².